The van der Waals surface area contributed by atoms with Gasteiger partial charge in [-0.1, -0.05) is 42.5 Å². The first-order valence-electron chi connectivity index (χ1n) is 11.8. The monoisotopic (exact) mass is 517 g/mol. The molecule has 1 aliphatic heterocycles. The number of carbonyl (C=O) groups excluding carboxylic acids is 2. The van der Waals surface area contributed by atoms with Gasteiger partial charge in [0.2, 0.25) is 15.9 Å². The fourth-order valence-corrected chi connectivity index (χ4v) is 6.18. The molecule has 0 spiro atoms. The smallest absolute Gasteiger partial charge is 0.257 e. The molecule has 1 heterocycles. The minimum Gasteiger partial charge on any atom is -0.324 e. The lowest BCUT2D eigenvalue weighted by Gasteiger charge is -2.24. The van der Waals surface area contributed by atoms with Crippen LogP contribution < -0.4 is 10.6 Å². The number of para-hydroxylation sites is 1. The Morgan fingerprint density at radius 1 is 0.838 bits per heavy atom. The van der Waals surface area contributed by atoms with Crippen LogP contribution in [0.3, 0.4) is 0 Å². The molecule has 2 amide bonds. The number of amides is 2. The van der Waals surface area contributed by atoms with Crippen LogP contribution in [0, 0.1) is 5.82 Å². The molecule has 2 N–H and O–H groups in total. The van der Waals surface area contributed by atoms with Gasteiger partial charge in [0.05, 0.1) is 16.1 Å². The van der Waals surface area contributed by atoms with E-state index >= 15 is 0 Å². The summed E-state index contributed by atoms with van der Waals surface area (Å²) in [6.45, 7) is 0.222. The van der Waals surface area contributed by atoms with Crippen LogP contribution in [0.4, 0.5) is 15.8 Å². The summed E-state index contributed by atoms with van der Waals surface area (Å²) >= 11 is 0. The van der Waals surface area contributed by atoms with Gasteiger partial charge in [-0.3, -0.25) is 9.59 Å². The number of halogens is 1. The number of carbonyl (C=O) groups is 2. The maximum Gasteiger partial charge on any atom is 0.257 e. The van der Waals surface area contributed by atoms with Crippen LogP contribution >= 0.6 is 0 Å². The third-order valence-corrected chi connectivity index (χ3v) is 8.27. The van der Waals surface area contributed by atoms with Crippen molar-refractivity contribution in [3.8, 4) is 0 Å². The van der Waals surface area contributed by atoms with Crippen LogP contribution in [0.5, 0.6) is 0 Å². The Morgan fingerprint density at radius 3 is 2.32 bits per heavy atom. The fraction of sp³-hybridized carbons (Fsp3) is 0.143. The molecule has 7 nitrogen and oxygen atoms in total. The maximum atomic E-state index is 13.5. The summed E-state index contributed by atoms with van der Waals surface area (Å²) in [5, 5.41) is 7.14. The summed E-state index contributed by atoms with van der Waals surface area (Å²) in [4.78, 5) is 26.3. The predicted octanol–water partition coefficient (Wildman–Crippen LogP) is 5.02. The molecule has 1 unspecified atom stereocenters. The third-order valence-electron chi connectivity index (χ3n) is 6.37. The molecule has 1 fully saturated rings. The zero-order valence-corrected chi connectivity index (χ0v) is 20.5. The van der Waals surface area contributed by atoms with E-state index in [9.17, 15) is 22.4 Å². The number of hydrogen-bond acceptors (Lipinski definition) is 4. The van der Waals surface area contributed by atoms with E-state index in [0.29, 0.717) is 18.5 Å². The fourth-order valence-electron chi connectivity index (χ4n) is 4.49. The van der Waals surface area contributed by atoms with Crippen molar-refractivity contribution in [1.82, 2.24) is 4.31 Å². The summed E-state index contributed by atoms with van der Waals surface area (Å²) in [6, 6.07) is 23.3. The number of nitrogens with zero attached hydrogens (tertiary/aromatic N) is 1. The second kappa shape index (κ2) is 10.1. The van der Waals surface area contributed by atoms with Gasteiger partial charge >= 0.3 is 0 Å². The minimum atomic E-state index is -3.92. The van der Waals surface area contributed by atoms with Crippen molar-refractivity contribution in [2.45, 2.75) is 23.8 Å². The molecule has 4 aromatic carbocycles. The Labute approximate surface area is 214 Å². The lowest BCUT2D eigenvalue weighted by atomic mass is 10.1. The molecular weight excluding hydrogens is 493 g/mol. The van der Waals surface area contributed by atoms with Gasteiger partial charge in [0.1, 0.15) is 11.9 Å². The molecule has 188 valence electrons. The number of hydrogen-bond donors (Lipinski definition) is 2. The molecule has 0 aliphatic carbocycles. The number of nitrogens with one attached hydrogen (secondary N) is 2. The van der Waals surface area contributed by atoms with Crippen LogP contribution in [0.1, 0.15) is 23.2 Å². The van der Waals surface area contributed by atoms with E-state index in [1.807, 2.05) is 24.3 Å². The molecule has 4 aromatic rings. The van der Waals surface area contributed by atoms with Gasteiger partial charge in [0, 0.05) is 12.2 Å². The largest absolute Gasteiger partial charge is 0.324 e. The first-order valence-corrected chi connectivity index (χ1v) is 13.2. The van der Waals surface area contributed by atoms with Crippen LogP contribution in [0.15, 0.2) is 95.9 Å². The molecule has 1 atom stereocenters. The van der Waals surface area contributed by atoms with Gasteiger partial charge in [0.25, 0.3) is 5.91 Å². The Balaban J connectivity index is 1.36. The second-order valence-electron chi connectivity index (χ2n) is 8.78. The summed E-state index contributed by atoms with van der Waals surface area (Å²) in [6.07, 6.45) is 0.903. The Kier molecular flexibility index (Phi) is 6.73. The van der Waals surface area contributed by atoms with Crippen molar-refractivity contribution in [3.05, 3.63) is 102 Å². The highest BCUT2D eigenvalue weighted by atomic mass is 32.2. The standard InChI is InChI=1S/C28H24FN3O4S/c29-21-12-14-22(15-13-21)30-27(33)24-8-3-4-9-25(24)31-28(34)26-10-5-17-32(26)37(35,36)23-16-11-19-6-1-2-7-20(19)18-23/h1-4,6-9,11-16,18,26H,5,10,17H2,(H,30,33)(H,31,34). The molecule has 0 bridgehead atoms. The molecule has 5 rings (SSSR count). The molecule has 0 aromatic heterocycles. The Bertz CT molecular complexity index is 1590. The molecule has 0 saturated carbocycles. The molecule has 9 heteroatoms. The van der Waals surface area contributed by atoms with Gasteiger partial charge in [0.15, 0.2) is 0 Å². The van der Waals surface area contributed by atoms with Crippen molar-refractivity contribution < 1.29 is 22.4 Å². The predicted molar refractivity (Wildman–Crippen MR) is 140 cm³/mol. The van der Waals surface area contributed by atoms with Gasteiger partial charge in [-0.15, -0.1) is 0 Å². The highest BCUT2D eigenvalue weighted by molar-refractivity contribution is 7.89. The van der Waals surface area contributed by atoms with Crippen LogP contribution in [-0.2, 0) is 14.8 Å². The first-order chi connectivity index (χ1) is 17.8. The highest BCUT2D eigenvalue weighted by Gasteiger charge is 2.39. The van der Waals surface area contributed by atoms with Crippen LogP contribution in [-0.4, -0.2) is 37.1 Å². The van der Waals surface area contributed by atoms with Crippen LogP contribution in [0.25, 0.3) is 10.8 Å². The molecule has 1 saturated heterocycles. The number of anilines is 2. The Morgan fingerprint density at radius 2 is 1.54 bits per heavy atom. The molecule has 0 radical (unpaired) electrons. The second-order valence-corrected chi connectivity index (χ2v) is 10.7. The van der Waals surface area contributed by atoms with E-state index in [-0.39, 0.29) is 22.7 Å². The van der Waals surface area contributed by atoms with Crippen molar-refractivity contribution in [3.63, 3.8) is 0 Å². The Hall–Kier alpha value is -4.08. The summed E-state index contributed by atoms with van der Waals surface area (Å²) in [7, 11) is -3.92. The number of benzene rings is 4. The molecular formula is C28H24FN3O4S. The number of sulfonamides is 1. The SMILES string of the molecule is O=C(Nc1ccc(F)cc1)c1ccccc1NC(=O)C1CCCN1S(=O)(=O)c1ccc2ccccc2c1. The topological polar surface area (TPSA) is 95.6 Å². The van der Waals surface area contributed by atoms with E-state index < -0.39 is 33.7 Å². The highest BCUT2D eigenvalue weighted by Crippen LogP contribution is 2.29. The van der Waals surface area contributed by atoms with E-state index in [1.54, 1.807) is 42.5 Å². The van der Waals surface area contributed by atoms with E-state index in [4.69, 9.17) is 0 Å². The summed E-state index contributed by atoms with van der Waals surface area (Å²) < 4.78 is 41.4. The molecule has 1 aliphatic rings. The molecule has 37 heavy (non-hydrogen) atoms. The van der Waals surface area contributed by atoms with Gasteiger partial charge in [-0.05, 0) is 72.1 Å². The zero-order chi connectivity index (χ0) is 26.0. The van der Waals surface area contributed by atoms with E-state index in [0.717, 1.165) is 10.8 Å². The first kappa shape index (κ1) is 24.6. The van der Waals surface area contributed by atoms with E-state index in [1.165, 1.54) is 28.6 Å². The maximum absolute atomic E-state index is 13.5. The van der Waals surface area contributed by atoms with Gasteiger partial charge in [-0.25, -0.2) is 12.8 Å². The number of fused-ring (bicyclic) bond motifs is 1. The summed E-state index contributed by atoms with van der Waals surface area (Å²) in [5.41, 5.74) is 0.847. The average molecular weight is 518 g/mol. The lowest BCUT2D eigenvalue weighted by Crippen LogP contribution is -2.43. The van der Waals surface area contributed by atoms with E-state index in [2.05, 4.69) is 10.6 Å². The number of rotatable bonds is 6. The summed E-state index contributed by atoms with van der Waals surface area (Å²) in [5.74, 6) is -1.43. The van der Waals surface area contributed by atoms with Crippen molar-refractivity contribution in [2.75, 3.05) is 17.2 Å². The average Bonchev–Trinajstić information content (AvgIpc) is 3.41. The van der Waals surface area contributed by atoms with Crippen LogP contribution in [0.2, 0.25) is 0 Å². The quantitative estimate of drug-likeness (QED) is 0.375. The van der Waals surface area contributed by atoms with Gasteiger partial charge < -0.3 is 10.6 Å². The van der Waals surface area contributed by atoms with Crippen molar-refractivity contribution in [2.24, 2.45) is 0 Å². The lowest BCUT2D eigenvalue weighted by molar-refractivity contribution is -0.119. The van der Waals surface area contributed by atoms with Crippen molar-refractivity contribution in [1.29, 1.82) is 0 Å². The third kappa shape index (κ3) is 5.09. The normalized spacial score (nSPS) is 16.0. The van der Waals surface area contributed by atoms with Crippen molar-refractivity contribution >= 4 is 44.0 Å². The van der Waals surface area contributed by atoms with Gasteiger partial charge in [-0.2, -0.15) is 4.31 Å². The minimum absolute atomic E-state index is 0.130. The zero-order valence-electron chi connectivity index (χ0n) is 19.7.